The molecule has 1 heterocycles. The fourth-order valence-electron chi connectivity index (χ4n) is 2.37. The van der Waals surface area contributed by atoms with Crippen LogP contribution in [0.2, 0.25) is 5.02 Å². The highest BCUT2D eigenvalue weighted by Gasteiger charge is 2.26. The van der Waals surface area contributed by atoms with Crippen molar-refractivity contribution in [3.8, 4) is 0 Å². The van der Waals surface area contributed by atoms with Crippen LogP contribution >= 0.6 is 11.6 Å². The maximum atomic E-state index is 12.6. The Morgan fingerprint density at radius 3 is 2.18 bits per heavy atom. The van der Waals surface area contributed by atoms with E-state index in [1.807, 2.05) is 0 Å². The van der Waals surface area contributed by atoms with Gasteiger partial charge in [0.1, 0.15) is 0 Å². The summed E-state index contributed by atoms with van der Waals surface area (Å²) in [6.45, 7) is 1.19. The Morgan fingerprint density at radius 1 is 1.11 bits per heavy atom. The molecule has 1 aromatic carbocycles. The largest absolute Gasteiger partial charge is 0.473 e. The molecule has 28 heavy (non-hydrogen) atoms. The third-order valence-corrected chi connectivity index (χ3v) is 5.91. The molecule has 12 heteroatoms. The van der Waals surface area contributed by atoms with E-state index in [1.165, 1.54) is 22.5 Å². The molecule has 0 saturated carbocycles. The van der Waals surface area contributed by atoms with Crippen LogP contribution in [0.1, 0.15) is 19.3 Å². The number of anilines is 1. The zero-order valence-electron chi connectivity index (χ0n) is 15.1. The quantitative estimate of drug-likeness (QED) is 0.496. The molecule has 4 N–H and O–H groups in total. The monoisotopic (exact) mass is 435 g/mol. The third kappa shape index (κ3) is 7.08. The molecule has 0 aromatic heterocycles. The van der Waals surface area contributed by atoms with E-state index in [0.717, 1.165) is 19.3 Å². The van der Waals surface area contributed by atoms with Gasteiger partial charge < -0.3 is 20.8 Å². The van der Waals surface area contributed by atoms with Crippen LogP contribution in [0, 0.1) is 0 Å². The number of carboxylic acids is 2. The molecule has 2 rings (SSSR count). The van der Waals surface area contributed by atoms with Crippen molar-refractivity contribution in [2.75, 3.05) is 32.0 Å². The molecular weight excluding hydrogens is 414 g/mol. The SMILES string of the molecule is CNCC(=O)Nc1cc(S(=O)(=O)N2CCCCC2)ccc1Cl.O=C(O)C(=O)O. The molecule has 1 fully saturated rings. The van der Waals surface area contributed by atoms with Crippen LogP contribution in [0.5, 0.6) is 0 Å². The van der Waals surface area contributed by atoms with Gasteiger partial charge in [-0.25, -0.2) is 18.0 Å². The van der Waals surface area contributed by atoms with E-state index in [0.29, 0.717) is 23.8 Å². The molecular formula is C16H22ClN3O7S. The van der Waals surface area contributed by atoms with Gasteiger partial charge in [0.2, 0.25) is 15.9 Å². The van der Waals surface area contributed by atoms with Crippen LogP contribution in [-0.2, 0) is 24.4 Å². The molecule has 0 bridgehead atoms. The zero-order valence-corrected chi connectivity index (χ0v) is 16.7. The lowest BCUT2D eigenvalue weighted by Crippen LogP contribution is -2.35. The average molecular weight is 436 g/mol. The highest BCUT2D eigenvalue weighted by Crippen LogP contribution is 2.28. The number of piperidine rings is 1. The normalized spacial score (nSPS) is 14.5. The molecule has 1 amide bonds. The summed E-state index contributed by atoms with van der Waals surface area (Å²) in [5.41, 5.74) is 0.306. The van der Waals surface area contributed by atoms with E-state index in [9.17, 15) is 13.2 Å². The number of amides is 1. The van der Waals surface area contributed by atoms with Crippen molar-refractivity contribution < 1.29 is 33.0 Å². The van der Waals surface area contributed by atoms with Crippen LogP contribution in [-0.4, -0.2) is 67.5 Å². The molecule has 156 valence electrons. The fourth-order valence-corrected chi connectivity index (χ4v) is 4.08. The predicted molar refractivity (Wildman–Crippen MR) is 102 cm³/mol. The Morgan fingerprint density at radius 2 is 1.68 bits per heavy atom. The van der Waals surface area contributed by atoms with Crippen LogP contribution in [0.4, 0.5) is 5.69 Å². The van der Waals surface area contributed by atoms with Crippen molar-refractivity contribution in [2.24, 2.45) is 0 Å². The third-order valence-electron chi connectivity index (χ3n) is 3.69. The van der Waals surface area contributed by atoms with E-state index >= 15 is 0 Å². The lowest BCUT2D eigenvalue weighted by Gasteiger charge is -2.26. The fraction of sp³-hybridized carbons (Fsp3) is 0.438. The molecule has 1 saturated heterocycles. The van der Waals surface area contributed by atoms with Gasteiger partial charge in [0, 0.05) is 13.1 Å². The standard InChI is InChI=1S/C14H20ClN3O3S.C2H2O4/c1-16-10-14(19)17-13-9-11(5-6-12(13)15)22(20,21)18-7-3-2-4-8-18;3-1(4)2(5)6/h5-6,9,16H,2-4,7-8,10H2,1H3,(H,17,19);(H,3,4)(H,5,6). The molecule has 1 aliphatic heterocycles. The number of nitrogens with one attached hydrogen (secondary N) is 2. The van der Waals surface area contributed by atoms with Gasteiger partial charge in [0.05, 0.1) is 22.2 Å². The Labute approximate surface area is 167 Å². The van der Waals surface area contributed by atoms with Gasteiger partial charge in [0.25, 0.3) is 0 Å². The van der Waals surface area contributed by atoms with Gasteiger partial charge in [-0.1, -0.05) is 18.0 Å². The number of hydrogen-bond acceptors (Lipinski definition) is 6. The number of nitrogens with zero attached hydrogens (tertiary/aromatic N) is 1. The Bertz CT molecular complexity index is 812. The van der Waals surface area contributed by atoms with Crippen molar-refractivity contribution in [1.82, 2.24) is 9.62 Å². The van der Waals surface area contributed by atoms with Crippen molar-refractivity contribution in [3.05, 3.63) is 23.2 Å². The smallest absolute Gasteiger partial charge is 0.414 e. The van der Waals surface area contributed by atoms with E-state index in [4.69, 9.17) is 31.4 Å². The van der Waals surface area contributed by atoms with E-state index in [2.05, 4.69) is 10.6 Å². The second-order valence-electron chi connectivity index (χ2n) is 5.80. The minimum atomic E-state index is -3.54. The second-order valence-corrected chi connectivity index (χ2v) is 8.14. The summed E-state index contributed by atoms with van der Waals surface area (Å²) in [5, 5.41) is 20.4. The number of aliphatic carboxylic acids is 2. The van der Waals surface area contributed by atoms with Crippen molar-refractivity contribution in [2.45, 2.75) is 24.2 Å². The Kier molecular flexibility index (Phi) is 9.32. The number of carboxylic acid groups (broad SMARTS) is 2. The molecule has 0 unspecified atom stereocenters. The first-order valence-electron chi connectivity index (χ1n) is 8.30. The van der Waals surface area contributed by atoms with Crippen molar-refractivity contribution in [1.29, 1.82) is 0 Å². The second kappa shape index (κ2) is 11.0. The van der Waals surface area contributed by atoms with E-state index in [1.54, 1.807) is 7.05 Å². The summed E-state index contributed by atoms with van der Waals surface area (Å²) in [5.74, 6) is -3.93. The average Bonchev–Trinajstić information content (AvgIpc) is 2.64. The van der Waals surface area contributed by atoms with Crippen molar-refractivity contribution in [3.63, 3.8) is 0 Å². The number of halogens is 1. The highest BCUT2D eigenvalue weighted by molar-refractivity contribution is 7.89. The van der Waals surface area contributed by atoms with Crippen molar-refractivity contribution >= 4 is 45.2 Å². The van der Waals surface area contributed by atoms with Crippen LogP contribution in [0.3, 0.4) is 0 Å². The number of rotatable bonds is 5. The number of likely N-dealkylation sites (N-methyl/N-ethyl adjacent to an activating group) is 1. The molecule has 10 nitrogen and oxygen atoms in total. The van der Waals surface area contributed by atoms with Gasteiger partial charge >= 0.3 is 11.9 Å². The Hall–Kier alpha value is -2.21. The number of hydrogen-bond donors (Lipinski definition) is 4. The topological polar surface area (TPSA) is 153 Å². The number of benzene rings is 1. The Balaban J connectivity index is 0.000000568. The lowest BCUT2D eigenvalue weighted by molar-refractivity contribution is -0.159. The maximum Gasteiger partial charge on any atom is 0.414 e. The summed E-state index contributed by atoms with van der Waals surface area (Å²) < 4.78 is 26.7. The van der Waals surface area contributed by atoms with E-state index in [-0.39, 0.29) is 17.3 Å². The van der Waals surface area contributed by atoms with Crippen LogP contribution < -0.4 is 10.6 Å². The molecule has 1 aliphatic rings. The molecule has 0 aliphatic carbocycles. The first-order chi connectivity index (χ1) is 13.1. The van der Waals surface area contributed by atoms with Crippen LogP contribution in [0.25, 0.3) is 0 Å². The molecule has 0 spiro atoms. The van der Waals surface area contributed by atoms with E-state index < -0.39 is 22.0 Å². The lowest BCUT2D eigenvalue weighted by atomic mass is 10.2. The number of sulfonamides is 1. The summed E-state index contributed by atoms with van der Waals surface area (Å²) in [7, 11) is -1.89. The molecule has 0 radical (unpaired) electrons. The molecule has 1 aromatic rings. The minimum absolute atomic E-state index is 0.124. The predicted octanol–water partition coefficient (Wildman–Crippen LogP) is 0.828. The van der Waals surface area contributed by atoms with Gasteiger partial charge in [0.15, 0.2) is 0 Å². The van der Waals surface area contributed by atoms with Gasteiger partial charge in [-0.3, -0.25) is 4.79 Å². The van der Waals surface area contributed by atoms with Gasteiger partial charge in [-0.2, -0.15) is 4.31 Å². The number of carbonyl (C=O) groups is 3. The molecule has 0 atom stereocenters. The van der Waals surface area contributed by atoms with Crippen LogP contribution in [0.15, 0.2) is 23.1 Å². The highest BCUT2D eigenvalue weighted by atomic mass is 35.5. The first kappa shape index (κ1) is 23.8. The summed E-state index contributed by atoms with van der Waals surface area (Å²) in [6.07, 6.45) is 2.80. The summed E-state index contributed by atoms with van der Waals surface area (Å²) in [4.78, 5) is 30.0. The van der Waals surface area contributed by atoms with Gasteiger partial charge in [-0.05, 0) is 38.1 Å². The number of carbonyl (C=O) groups excluding carboxylic acids is 1. The zero-order chi connectivity index (χ0) is 21.3. The first-order valence-corrected chi connectivity index (χ1v) is 10.1. The minimum Gasteiger partial charge on any atom is -0.473 e. The van der Waals surface area contributed by atoms with Gasteiger partial charge in [-0.15, -0.1) is 0 Å². The summed E-state index contributed by atoms with van der Waals surface area (Å²) >= 11 is 6.03. The maximum absolute atomic E-state index is 12.6. The summed E-state index contributed by atoms with van der Waals surface area (Å²) in [6, 6.07) is 4.38.